The topological polar surface area (TPSA) is 34.1 Å². The first-order valence-corrected chi connectivity index (χ1v) is 17.2. The molecule has 2 unspecified atom stereocenters. The lowest BCUT2D eigenvalue weighted by Crippen LogP contribution is -2.40. The summed E-state index contributed by atoms with van der Waals surface area (Å²) in [7, 11) is 0. The summed E-state index contributed by atoms with van der Waals surface area (Å²) in [6, 6.07) is 26.1. The molecule has 0 saturated heterocycles. The van der Waals surface area contributed by atoms with Crippen molar-refractivity contribution in [3.8, 4) is 0 Å². The van der Waals surface area contributed by atoms with E-state index in [1.807, 2.05) is 18.2 Å². The molecular weight excluding hydrogens is 574 g/mol. The minimum atomic E-state index is -0.362. The van der Waals surface area contributed by atoms with E-state index in [0.29, 0.717) is 34.1 Å². The van der Waals surface area contributed by atoms with E-state index < -0.39 is 0 Å². The summed E-state index contributed by atoms with van der Waals surface area (Å²) < 4.78 is 27.3. The maximum atomic E-state index is 13.8. The number of ketones is 2. The van der Waals surface area contributed by atoms with Crippen LogP contribution in [-0.2, 0) is 10.8 Å². The van der Waals surface area contributed by atoms with Gasteiger partial charge in [-0.25, -0.2) is 8.78 Å². The number of rotatable bonds is 7. The molecule has 0 spiro atoms. The van der Waals surface area contributed by atoms with Gasteiger partial charge in [-0.15, -0.1) is 0 Å². The largest absolute Gasteiger partial charge is 0.289 e. The Morgan fingerprint density at radius 2 is 0.978 bits per heavy atom. The van der Waals surface area contributed by atoms with Gasteiger partial charge in [-0.1, -0.05) is 81.8 Å². The maximum absolute atomic E-state index is 13.8. The van der Waals surface area contributed by atoms with Crippen LogP contribution in [0.4, 0.5) is 8.78 Å². The quantitative estimate of drug-likeness (QED) is 0.194. The number of carbonyl (C=O) groups excluding carboxylic acids is 2. The fraction of sp³-hybridized carbons (Fsp3) is 0.381. The van der Waals surface area contributed by atoms with Crippen LogP contribution < -0.4 is 0 Å². The van der Waals surface area contributed by atoms with Gasteiger partial charge in [-0.3, -0.25) is 9.59 Å². The Morgan fingerprint density at radius 1 is 0.543 bits per heavy atom. The number of hydrogen-bond donors (Lipinski definition) is 0. The van der Waals surface area contributed by atoms with Crippen molar-refractivity contribution >= 4 is 11.6 Å². The Hall–Kier alpha value is -3.92. The van der Waals surface area contributed by atoms with Crippen LogP contribution in [0.15, 0.2) is 91.0 Å². The first-order chi connectivity index (χ1) is 22.3. The number of benzene rings is 4. The van der Waals surface area contributed by atoms with E-state index in [1.54, 1.807) is 12.1 Å². The van der Waals surface area contributed by atoms with Crippen molar-refractivity contribution in [3.05, 3.63) is 142 Å². The van der Waals surface area contributed by atoms with E-state index in [4.69, 9.17) is 0 Å². The van der Waals surface area contributed by atoms with Gasteiger partial charge in [0.2, 0.25) is 0 Å². The Labute approximate surface area is 271 Å². The zero-order valence-electron chi connectivity index (χ0n) is 26.7. The zero-order valence-corrected chi connectivity index (χ0v) is 26.7. The van der Waals surface area contributed by atoms with E-state index in [1.165, 1.54) is 104 Å². The van der Waals surface area contributed by atoms with Crippen molar-refractivity contribution in [1.29, 1.82) is 0 Å². The minimum absolute atomic E-state index is 0.0345. The fourth-order valence-electron chi connectivity index (χ4n) is 9.33. The first kappa shape index (κ1) is 30.7. The Balaban J connectivity index is 1.37. The monoisotopic (exact) mass is 616 g/mol. The Kier molecular flexibility index (Phi) is 8.25. The van der Waals surface area contributed by atoms with E-state index in [-0.39, 0.29) is 34.0 Å². The zero-order chi connectivity index (χ0) is 31.9. The smallest absolute Gasteiger partial charge is 0.193 e. The summed E-state index contributed by atoms with van der Waals surface area (Å²) >= 11 is 0. The van der Waals surface area contributed by atoms with Gasteiger partial charge in [0.05, 0.1) is 0 Å². The molecule has 0 aliphatic heterocycles. The molecule has 2 atom stereocenters. The Bertz CT molecular complexity index is 1730. The third-order valence-corrected chi connectivity index (χ3v) is 11.7. The summed E-state index contributed by atoms with van der Waals surface area (Å²) in [5.74, 6) is 0.0609. The van der Waals surface area contributed by atoms with Crippen LogP contribution in [0.25, 0.3) is 0 Å². The second-order valence-corrected chi connectivity index (χ2v) is 14.2. The predicted molar refractivity (Wildman–Crippen MR) is 178 cm³/mol. The Morgan fingerprint density at radius 3 is 1.50 bits per heavy atom. The van der Waals surface area contributed by atoms with Crippen LogP contribution in [0.5, 0.6) is 0 Å². The average molecular weight is 617 g/mol. The molecule has 3 aliphatic rings. The summed E-state index contributed by atoms with van der Waals surface area (Å²) in [5.41, 5.74) is 5.69. The van der Waals surface area contributed by atoms with E-state index in [0.717, 1.165) is 19.3 Å². The van der Waals surface area contributed by atoms with Gasteiger partial charge in [0, 0.05) is 27.7 Å². The highest BCUT2D eigenvalue weighted by Crippen LogP contribution is 2.63. The molecule has 0 bridgehead atoms. The molecule has 0 heterocycles. The average Bonchev–Trinajstić information content (AvgIpc) is 3.39. The lowest BCUT2D eigenvalue weighted by Gasteiger charge is -2.45. The molecular formula is C42H42F2O2. The van der Waals surface area contributed by atoms with Crippen LogP contribution in [0.1, 0.15) is 126 Å². The molecule has 0 radical (unpaired) electrons. The second-order valence-electron chi connectivity index (χ2n) is 14.2. The standard InChI is InChI=1S/C42H42F2O2/c1-41(32-8-4-2-5-9-32)27-42(33-10-6-3-7-11-33,34-19-12-28(13-20-34)39(45)29-14-21-35(43)22-15-29)38-26-31(18-25-37(38)41)40(46)30-16-23-36(44)24-17-30/h12-26,32-33H,2-11,27H2,1H3. The van der Waals surface area contributed by atoms with Gasteiger partial charge in [0.1, 0.15) is 11.6 Å². The van der Waals surface area contributed by atoms with Gasteiger partial charge in [0.25, 0.3) is 0 Å². The first-order valence-electron chi connectivity index (χ1n) is 17.2. The molecule has 0 aromatic heterocycles. The third kappa shape index (κ3) is 5.34. The third-order valence-electron chi connectivity index (χ3n) is 11.7. The van der Waals surface area contributed by atoms with Crippen molar-refractivity contribution in [2.45, 2.75) is 88.4 Å². The molecule has 2 saturated carbocycles. The summed E-state index contributed by atoms with van der Waals surface area (Å²) in [5, 5.41) is 0. The van der Waals surface area contributed by atoms with Crippen molar-refractivity contribution in [3.63, 3.8) is 0 Å². The lowest BCUT2D eigenvalue weighted by molar-refractivity contribution is 0.103. The van der Waals surface area contributed by atoms with Crippen LogP contribution in [0.3, 0.4) is 0 Å². The lowest BCUT2D eigenvalue weighted by atomic mass is 9.59. The molecule has 2 nitrogen and oxygen atoms in total. The van der Waals surface area contributed by atoms with Crippen molar-refractivity contribution in [1.82, 2.24) is 0 Å². The van der Waals surface area contributed by atoms with Crippen molar-refractivity contribution in [2.75, 3.05) is 0 Å². The highest BCUT2D eigenvalue weighted by atomic mass is 19.1. The molecule has 4 aromatic rings. The normalized spacial score (nSPS) is 23.6. The highest BCUT2D eigenvalue weighted by molar-refractivity contribution is 6.09. The summed E-state index contributed by atoms with van der Waals surface area (Å²) in [6.07, 6.45) is 13.1. The number of halogens is 2. The van der Waals surface area contributed by atoms with Gasteiger partial charge in [-0.2, -0.15) is 0 Å². The minimum Gasteiger partial charge on any atom is -0.289 e. The number of carbonyl (C=O) groups is 2. The van der Waals surface area contributed by atoms with Crippen molar-refractivity contribution in [2.24, 2.45) is 11.8 Å². The van der Waals surface area contributed by atoms with Gasteiger partial charge in [0.15, 0.2) is 11.6 Å². The molecule has 2 fully saturated rings. The molecule has 3 aliphatic carbocycles. The SMILES string of the molecule is CC1(C2CCCCC2)CC(c2ccc(C(=O)c3ccc(F)cc3)cc2)(C2CCCCC2)c2cc(C(=O)c3ccc(F)cc3)ccc21. The summed E-state index contributed by atoms with van der Waals surface area (Å²) in [4.78, 5) is 27.2. The van der Waals surface area contributed by atoms with Crippen LogP contribution >= 0.6 is 0 Å². The number of hydrogen-bond acceptors (Lipinski definition) is 2. The van der Waals surface area contributed by atoms with Crippen LogP contribution in [0.2, 0.25) is 0 Å². The molecule has 236 valence electrons. The molecule has 0 N–H and O–H groups in total. The van der Waals surface area contributed by atoms with E-state index >= 15 is 0 Å². The van der Waals surface area contributed by atoms with Gasteiger partial charge < -0.3 is 0 Å². The molecule has 4 heteroatoms. The fourth-order valence-corrected chi connectivity index (χ4v) is 9.33. The molecule has 46 heavy (non-hydrogen) atoms. The molecule has 7 rings (SSSR count). The maximum Gasteiger partial charge on any atom is 0.193 e. The predicted octanol–water partition coefficient (Wildman–Crippen LogP) is 10.5. The highest BCUT2D eigenvalue weighted by Gasteiger charge is 2.56. The molecule has 4 aromatic carbocycles. The van der Waals surface area contributed by atoms with E-state index in [2.05, 4.69) is 31.2 Å². The summed E-state index contributed by atoms with van der Waals surface area (Å²) in [6.45, 7) is 2.47. The van der Waals surface area contributed by atoms with Crippen LogP contribution in [-0.4, -0.2) is 11.6 Å². The van der Waals surface area contributed by atoms with Crippen LogP contribution in [0, 0.1) is 23.5 Å². The van der Waals surface area contributed by atoms with Gasteiger partial charge in [-0.05, 0) is 121 Å². The van der Waals surface area contributed by atoms with E-state index in [9.17, 15) is 18.4 Å². The second kappa shape index (κ2) is 12.4. The number of fused-ring (bicyclic) bond motifs is 1. The molecule has 0 amide bonds. The van der Waals surface area contributed by atoms with Crippen molar-refractivity contribution < 1.29 is 18.4 Å². The van der Waals surface area contributed by atoms with Gasteiger partial charge >= 0.3 is 0 Å².